The van der Waals surface area contributed by atoms with Crippen LogP contribution in [-0.2, 0) is 6.42 Å². The highest BCUT2D eigenvalue weighted by Crippen LogP contribution is 2.14. The second-order valence-electron chi connectivity index (χ2n) is 2.46. The van der Waals surface area contributed by atoms with Gasteiger partial charge in [0.2, 0.25) is 0 Å². The van der Waals surface area contributed by atoms with E-state index in [1.54, 1.807) is 0 Å². The lowest BCUT2D eigenvalue weighted by Gasteiger charge is -2.00. The molecule has 0 radical (unpaired) electrons. The largest absolute Gasteiger partial charge is 0.143 e. The van der Waals surface area contributed by atoms with Crippen LogP contribution >= 0.6 is 12.6 Å². The number of aryl methyl sites for hydroxylation is 1. The lowest BCUT2D eigenvalue weighted by atomic mass is 10.1. The number of benzene rings is 1. The lowest BCUT2D eigenvalue weighted by molar-refractivity contribution is 0.974. The SMILES string of the molecule is C=CCCc1ccccc1S. The van der Waals surface area contributed by atoms with Gasteiger partial charge in [-0.25, -0.2) is 0 Å². The van der Waals surface area contributed by atoms with Crippen LogP contribution in [0.3, 0.4) is 0 Å². The van der Waals surface area contributed by atoms with Gasteiger partial charge >= 0.3 is 0 Å². The molecule has 0 saturated carbocycles. The molecule has 0 atom stereocenters. The van der Waals surface area contributed by atoms with Gasteiger partial charge in [0.1, 0.15) is 0 Å². The third-order valence-electron chi connectivity index (χ3n) is 1.61. The predicted octanol–water partition coefficient (Wildman–Crippen LogP) is 3.09. The Morgan fingerprint density at radius 2 is 2.09 bits per heavy atom. The molecule has 0 heterocycles. The summed E-state index contributed by atoms with van der Waals surface area (Å²) < 4.78 is 0. The fourth-order valence-electron chi connectivity index (χ4n) is 0.980. The first kappa shape index (κ1) is 8.41. The monoisotopic (exact) mass is 164 g/mol. The van der Waals surface area contributed by atoms with E-state index >= 15 is 0 Å². The van der Waals surface area contributed by atoms with E-state index in [0.717, 1.165) is 17.7 Å². The average molecular weight is 164 g/mol. The molecule has 0 aliphatic rings. The molecule has 1 aromatic rings. The van der Waals surface area contributed by atoms with Gasteiger partial charge in [-0.3, -0.25) is 0 Å². The van der Waals surface area contributed by atoms with E-state index in [0.29, 0.717) is 0 Å². The van der Waals surface area contributed by atoms with Gasteiger partial charge in [-0.2, -0.15) is 0 Å². The molecule has 58 valence electrons. The van der Waals surface area contributed by atoms with Crippen molar-refractivity contribution < 1.29 is 0 Å². The van der Waals surface area contributed by atoms with Crippen LogP contribution in [0.15, 0.2) is 41.8 Å². The van der Waals surface area contributed by atoms with Crippen LogP contribution in [0.2, 0.25) is 0 Å². The number of rotatable bonds is 3. The lowest BCUT2D eigenvalue weighted by Crippen LogP contribution is -1.83. The topological polar surface area (TPSA) is 0 Å². The molecule has 0 N–H and O–H groups in total. The van der Waals surface area contributed by atoms with Gasteiger partial charge in [0.05, 0.1) is 0 Å². The van der Waals surface area contributed by atoms with Crippen LogP contribution in [0, 0.1) is 0 Å². The van der Waals surface area contributed by atoms with Crippen molar-refractivity contribution in [3.63, 3.8) is 0 Å². The minimum absolute atomic E-state index is 1.03. The highest BCUT2D eigenvalue weighted by molar-refractivity contribution is 7.80. The highest BCUT2D eigenvalue weighted by atomic mass is 32.1. The summed E-state index contributed by atoms with van der Waals surface area (Å²) in [7, 11) is 0. The first-order valence-corrected chi connectivity index (χ1v) is 4.17. The zero-order valence-electron chi connectivity index (χ0n) is 6.46. The first-order chi connectivity index (χ1) is 5.34. The minimum Gasteiger partial charge on any atom is -0.143 e. The molecule has 0 nitrogen and oxygen atoms in total. The molecule has 0 bridgehead atoms. The molecule has 1 rings (SSSR count). The Balaban J connectivity index is 2.69. The van der Waals surface area contributed by atoms with Crippen LogP contribution in [0.1, 0.15) is 12.0 Å². The van der Waals surface area contributed by atoms with E-state index in [9.17, 15) is 0 Å². The second kappa shape index (κ2) is 4.24. The van der Waals surface area contributed by atoms with Crippen molar-refractivity contribution in [2.45, 2.75) is 17.7 Å². The molecule has 0 fully saturated rings. The molecule has 1 aromatic carbocycles. The zero-order chi connectivity index (χ0) is 8.10. The first-order valence-electron chi connectivity index (χ1n) is 3.72. The molecule has 0 spiro atoms. The van der Waals surface area contributed by atoms with E-state index < -0.39 is 0 Å². The average Bonchev–Trinajstić information content (AvgIpc) is 2.03. The van der Waals surface area contributed by atoms with Gasteiger partial charge in [0.15, 0.2) is 0 Å². The Morgan fingerprint density at radius 3 is 2.73 bits per heavy atom. The van der Waals surface area contributed by atoms with Crippen LogP contribution in [0.25, 0.3) is 0 Å². The van der Waals surface area contributed by atoms with Crippen LogP contribution in [0.4, 0.5) is 0 Å². The third kappa shape index (κ3) is 2.43. The second-order valence-corrected chi connectivity index (χ2v) is 2.94. The third-order valence-corrected chi connectivity index (χ3v) is 2.05. The van der Waals surface area contributed by atoms with Crippen molar-refractivity contribution in [3.8, 4) is 0 Å². The Hall–Kier alpha value is -0.690. The molecule has 0 saturated heterocycles. The fourth-order valence-corrected chi connectivity index (χ4v) is 1.25. The summed E-state index contributed by atoms with van der Waals surface area (Å²) >= 11 is 4.34. The van der Waals surface area contributed by atoms with Gasteiger partial charge < -0.3 is 0 Å². The summed E-state index contributed by atoms with van der Waals surface area (Å²) in [6.45, 7) is 3.68. The van der Waals surface area contributed by atoms with Gasteiger partial charge in [-0.1, -0.05) is 24.3 Å². The predicted molar refractivity (Wildman–Crippen MR) is 52.2 cm³/mol. The van der Waals surface area contributed by atoms with E-state index in [-0.39, 0.29) is 0 Å². The van der Waals surface area contributed by atoms with Crippen molar-refractivity contribution in [1.29, 1.82) is 0 Å². The summed E-state index contributed by atoms with van der Waals surface area (Å²) in [5.41, 5.74) is 1.30. The summed E-state index contributed by atoms with van der Waals surface area (Å²) in [5.74, 6) is 0. The molecule has 11 heavy (non-hydrogen) atoms. The van der Waals surface area contributed by atoms with E-state index in [4.69, 9.17) is 0 Å². The molecule has 0 unspecified atom stereocenters. The maximum atomic E-state index is 4.34. The van der Waals surface area contributed by atoms with Crippen molar-refractivity contribution >= 4 is 12.6 Å². The molecule has 0 aromatic heterocycles. The van der Waals surface area contributed by atoms with Gasteiger partial charge in [-0.05, 0) is 24.5 Å². The molecule has 0 amide bonds. The number of hydrogen-bond acceptors (Lipinski definition) is 1. The molecule has 0 aliphatic carbocycles. The molecule has 1 heteroatoms. The maximum Gasteiger partial charge on any atom is 0.00721 e. The number of hydrogen-bond donors (Lipinski definition) is 1. The molecule has 0 aliphatic heterocycles. The van der Waals surface area contributed by atoms with E-state index in [2.05, 4.69) is 25.3 Å². The van der Waals surface area contributed by atoms with E-state index in [1.807, 2.05) is 24.3 Å². The van der Waals surface area contributed by atoms with Crippen LogP contribution < -0.4 is 0 Å². The summed E-state index contributed by atoms with van der Waals surface area (Å²) in [6.07, 6.45) is 4.00. The van der Waals surface area contributed by atoms with Crippen molar-refractivity contribution in [3.05, 3.63) is 42.5 Å². The van der Waals surface area contributed by atoms with Gasteiger partial charge in [-0.15, -0.1) is 19.2 Å². The zero-order valence-corrected chi connectivity index (χ0v) is 7.35. The Bertz CT molecular complexity index is 240. The molecular formula is C10H12S. The van der Waals surface area contributed by atoms with Crippen molar-refractivity contribution in [1.82, 2.24) is 0 Å². The van der Waals surface area contributed by atoms with Crippen LogP contribution in [0.5, 0.6) is 0 Å². The molecular weight excluding hydrogens is 152 g/mol. The highest BCUT2D eigenvalue weighted by Gasteiger charge is 1.94. The van der Waals surface area contributed by atoms with Gasteiger partial charge in [0, 0.05) is 4.90 Å². The summed E-state index contributed by atoms with van der Waals surface area (Å²) in [6, 6.07) is 8.16. The minimum atomic E-state index is 1.03. The van der Waals surface area contributed by atoms with Crippen LogP contribution in [-0.4, -0.2) is 0 Å². The Kier molecular flexibility index (Phi) is 3.24. The fraction of sp³-hybridized carbons (Fsp3) is 0.200. The van der Waals surface area contributed by atoms with Crippen molar-refractivity contribution in [2.75, 3.05) is 0 Å². The Labute approximate surface area is 73.4 Å². The quantitative estimate of drug-likeness (QED) is 0.515. The standard InChI is InChI=1S/C10H12S/c1-2-3-6-9-7-4-5-8-10(9)11/h2,4-5,7-8,11H,1,3,6H2. The summed E-state index contributed by atoms with van der Waals surface area (Å²) in [4.78, 5) is 1.08. The maximum absolute atomic E-state index is 4.34. The summed E-state index contributed by atoms with van der Waals surface area (Å²) in [5, 5.41) is 0. The normalized spacial score (nSPS) is 9.55. The number of allylic oxidation sites excluding steroid dienone is 1. The smallest absolute Gasteiger partial charge is 0.00721 e. The van der Waals surface area contributed by atoms with E-state index in [1.165, 1.54) is 5.56 Å². The Morgan fingerprint density at radius 1 is 1.36 bits per heavy atom. The van der Waals surface area contributed by atoms with Crippen molar-refractivity contribution in [2.24, 2.45) is 0 Å². The number of thiol groups is 1. The van der Waals surface area contributed by atoms with Gasteiger partial charge in [0.25, 0.3) is 0 Å².